The molecule has 0 amide bonds. The predicted octanol–water partition coefficient (Wildman–Crippen LogP) is 2.21. The van der Waals surface area contributed by atoms with E-state index >= 15 is 0 Å². The molecule has 0 spiro atoms. The Morgan fingerprint density at radius 2 is 2.06 bits per heavy atom. The quantitative estimate of drug-likeness (QED) is 0.770. The van der Waals surface area contributed by atoms with E-state index in [2.05, 4.69) is 36.9 Å². The van der Waals surface area contributed by atoms with Gasteiger partial charge >= 0.3 is 0 Å². The molecule has 0 radical (unpaired) electrons. The molecular formula is C14H24N2O. The van der Waals surface area contributed by atoms with Crippen LogP contribution in [-0.2, 0) is 6.42 Å². The molecule has 1 rings (SSSR count). The smallest absolute Gasteiger partial charge is 0.122 e. The summed E-state index contributed by atoms with van der Waals surface area (Å²) in [5, 5.41) is 0. The first-order chi connectivity index (χ1) is 8.08. The first-order valence-electron chi connectivity index (χ1n) is 6.14. The van der Waals surface area contributed by atoms with Crippen LogP contribution >= 0.6 is 0 Å². The molecule has 0 heterocycles. The Labute approximate surface area is 105 Å². The average Bonchev–Trinajstić information content (AvgIpc) is 2.35. The predicted molar refractivity (Wildman–Crippen MR) is 72.5 cm³/mol. The van der Waals surface area contributed by atoms with Gasteiger partial charge in [-0.2, -0.15) is 0 Å². The molecule has 0 atom stereocenters. The van der Waals surface area contributed by atoms with Gasteiger partial charge < -0.3 is 10.5 Å². The second-order valence-electron chi connectivity index (χ2n) is 4.74. The van der Waals surface area contributed by atoms with Gasteiger partial charge in [0.1, 0.15) is 5.75 Å². The zero-order valence-electron chi connectivity index (χ0n) is 11.4. The van der Waals surface area contributed by atoms with Crippen molar-refractivity contribution in [1.82, 2.24) is 4.90 Å². The average molecular weight is 236 g/mol. The van der Waals surface area contributed by atoms with Gasteiger partial charge in [0.2, 0.25) is 0 Å². The molecule has 0 aromatic heterocycles. The van der Waals surface area contributed by atoms with Crippen LogP contribution in [0.3, 0.4) is 0 Å². The molecule has 1 aromatic rings. The summed E-state index contributed by atoms with van der Waals surface area (Å²) in [7, 11) is 3.75. The Hall–Kier alpha value is -1.06. The lowest BCUT2D eigenvalue weighted by Crippen LogP contribution is -2.27. The van der Waals surface area contributed by atoms with Gasteiger partial charge in [-0.15, -0.1) is 0 Å². The fraction of sp³-hybridized carbons (Fsp3) is 0.571. The van der Waals surface area contributed by atoms with Crippen molar-refractivity contribution in [1.29, 1.82) is 0 Å². The zero-order chi connectivity index (χ0) is 12.8. The summed E-state index contributed by atoms with van der Waals surface area (Å²) >= 11 is 0. The number of benzene rings is 1. The number of nitrogens with two attached hydrogens (primary N) is 1. The number of methoxy groups -OCH3 is 1. The molecule has 1 aromatic carbocycles. The van der Waals surface area contributed by atoms with Crippen molar-refractivity contribution in [2.75, 3.05) is 27.4 Å². The van der Waals surface area contributed by atoms with E-state index in [0.717, 1.165) is 18.7 Å². The van der Waals surface area contributed by atoms with Crippen LogP contribution in [-0.4, -0.2) is 32.3 Å². The maximum Gasteiger partial charge on any atom is 0.122 e. The summed E-state index contributed by atoms with van der Waals surface area (Å²) in [5.74, 6) is 1.52. The number of hydrogen-bond donors (Lipinski definition) is 1. The molecule has 17 heavy (non-hydrogen) atoms. The van der Waals surface area contributed by atoms with Crippen LogP contribution in [0.25, 0.3) is 0 Å². The first kappa shape index (κ1) is 14.0. The van der Waals surface area contributed by atoms with Crippen molar-refractivity contribution in [2.45, 2.75) is 26.2 Å². The van der Waals surface area contributed by atoms with Crippen LogP contribution in [0.15, 0.2) is 18.2 Å². The minimum Gasteiger partial charge on any atom is -0.496 e. The molecule has 3 heteroatoms. The van der Waals surface area contributed by atoms with Gasteiger partial charge in [-0.3, -0.25) is 4.90 Å². The van der Waals surface area contributed by atoms with E-state index in [1.165, 1.54) is 11.1 Å². The molecule has 0 aliphatic carbocycles. The van der Waals surface area contributed by atoms with E-state index < -0.39 is 0 Å². The molecule has 3 nitrogen and oxygen atoms in total. The van der Waals surface area contributed by atoms with E-state index in [9.17, 15) is 0 Å². The lowest BCUT2D eigenvalue weighted by atomic mass is 9.99. The topological polar surface area (TPSA) is 38.5 Å². The highest BCUT2D eigenvalue weighted by molar-refractivity contribution is 5.38. The molecule has 0 saturated heterocycles. The zero-order valence-corrected chi connectivity index (χ0v) is 11.4. The van der Waals surface area contributed by atoms with Gasteiger partial charge in [0.15, 0.2) is 0 Å². The largest absolute Gasteiger partial charge is 0.496 e. The van der Waals surface area contributed by atoms with Gasteiger partial charge in [-0.05, 0) is 36.6 Å². The van der Waals surface area contributed by atoms with E-state index in [-0.39, 0.29) is 0 Å². The molecule has 2 N–H and O–H groups in total. The Balaban J connectivity index is 2.82. The maximum absolute atomic E-state index is 5.58. The third-order valence-corrected chi connectivity index (χ3v) is 3.05. The number of nitrogens with zero attached hydrogens (tertiary/aromatic N) is 1. The SMILES string of the molecule is COc1ccc(C(C)C)cc1CCN(C)CN. The fourth-order valence-corrected chi connectivity index (χ4v) is 1.76. The summed E-state index contributed by atoms with van der Waals surface area (Å²) in [6, 6.07) is 6.45. The summed E-state index contributed by atoms with van der Waals surface area (Å²) in [6.45, 7) is 5.95. The van der Waals surface area contributed by atoms with E-state index in [0.29, 0.717) is 12.6 Å². The van der Waals surface area contributed by atoms with Gasteiger partial charge in [0.05, 0.1) is 7.11 Å². The Morgan fingerprint density at radius 3 is 2.59 bits per heavy atom. The molecular weight excluding hydrogens is 212 g/mol. The van der Waals surface area contributed by atoms with Gasteiger partial charge in [0.25, 0.3) is 0 Å². The van der Waals surface area contributed by atoms with Crippen molar-refractivity contribution in [3.8, 4) is 5.75 Å². The molecule has 0 aliphatic heterocycles. The maximum atomic E-state index is 5.58. The summed E-state index contributed by atoms with van der Waals surface area (Å²) < 4.78 is 5.40. The third kappa shape index (κ3) is 4.02. The third-order valence-electron chi connectivity index (χ3n) is 3.05. The van der Waals surface area contributed by atoms with Crippen LogP contribution in [0.4, 0.5) is 0 Å². The highest BCUT2D eigenvalue weighted by atomic mass is 16.5. The van der Waals surface area contributed by atoms with Crippen molar-refractivity contribution in [3.63, 3.8) is 0 Å². The molecule has 0 unspecified atom stereocenters. The van der Waals surface area contributed by atoms with Gasteiger partial charge in [-0.25, -0.2) is 0 Å². The highest BCUT2D eigenvalue weighted by Gasteiger charge is 2.07. The lowest BCUT2D eigenvalue weighted by molar-refractivity contribution is 0.344. The Kier molecular flexibility index (Phi) is 5.45. The van der Waals surface area contributed by atoms with Gasteiger partial charge in [-0.1, -0.05) is 26.0 Å². The van der Waals surface area contributed by atoms with Crippen LogP contribution in [0.1, 0.15) is 30.9 Å². The van der Waals surface area contributed by atoms with Crippen LogP contribution in [0, 0.1) is 0 Å². The number of likely N-dealkylation sites (N-methyl/N-ethyl adjacent to an activating group) is 1. The van der Waals surface area contributed by atoms with Crippen molar-refractivity contribution in [3.05, 3.63) is 29.3 Å². The van der Waals surface area contributed by atoms with Crippen LogP contribution in [0.5, 0.6) is 5.75 Å². The first-order valence-corrected chi connectivity index (χ1v) is 6.14. The fourth-order valence-electron chi connectivity index (χ4n) is 1.76. The molecule has 0 fully saturated rings. The second-order valence-corrected chi connectivity index (χ2v) is 4.74. The molecule has 0 saturated carbocycles. The standard InChI is InChI=1S/C14H24N2O/c1-11(2)12-5-6-14(17-4)13(9-12)7-8-16(3)10-15/h5-6,9,11H,7-8,10,15H2,1-4H3. The van der Waals surface area contributed by atoms with Gasteiger partial charge in [0, 0.05) is 13.2 Å². The number of rotatable bonds is 6. The van der Waals surface area contributed by atoms with Crippen molar-refractivity contribution < 1.29 is 4.74 Å². The van der Waals surface area contributed by atoms with Crippen LogP contribution < -0.4 is 10.5 Å². The summed E-state index contributed by atoms with van der Waals surface area (Å²) in [4.78, 5) is 2.10. The lowest BCUT2D eigenvalue weighted by Gasteiger charge is -2.16. The highest BCUT2D eigenvalue weighted by Crippen LogP contribution is 2.24. The molecule has 0 aliphatic rings. The van der Waals surface area contributed by atoms with E-state index in [4.69, 9.17) is 10.5 Å². The van der Waals surface area contributed by atoms with E-state index in [1.807, 2.05) is 7.05 Å². The summed E-state index contributed by atoms with van der Waals surface area (Å²) in [6.07, 6.45) is 0.970. The minimum atomic E-state index is 0.548. The summed E-state index contributed by atoms with van der Waals surface area (Å²) in [5.41, 5.74) is 8.20. The van der Waals surface area contributed by atoms with Crippen molar-refractivity contribution >= 4 is 0 Å². The normalized spacial score (nSPS) is 11.2. The van der Waals surface area contributed by atoms with Crippen molar-refractivity contribution in [2.24, 2.45) is 5.73 Å². The second kappa shape index (κ2) is 6.62. The number of hydrogen-bond acceptors (Lipinski definition) is 3. The van der Waals surface area contributed by atoms with Crippen LogP contribution in [0.2, 0.25) is 0 Å². The molecule has 96 valence electrons. The minimum absolute atomic E-state index is 0.548. The Bertz CT molecular complexity index is 350. The van der Waals surface area contributed by atoms with E-state index in [1.54, 1.807) is 7.11 Å². The number of ether oxygens (including phenoxy) is 1. The monoisotopic (exact) mass is 236 g/mol. The Morgan fingerprint density at radius 1 is 1.35 bits per heavy atom. The molecule has 0 bridgehead atoms.